The fourth-order valence-corrected chi connectivity index (χ4v) is 4.52. The maximum Gasteiger partial charge on any atom is 0.200 e. The van der Waals surface area contributed by atoms with E-state index in [4.69, 9.17) is 14.3 Å². The minimum absolute atomic E-state index is 0.0134. The topological polar surface area (TPSA) is 100 Å². The second kappa shape index (κ2) is 8.15. The van der Waals surface area contributed by atoms with Crippen LogP contribution in [0.3, 0.4) is 0 Å². The molecule has 3 N–H and O–H groups in total. The van der Waals surface area contributed by atoms with E-state index in [0.717, 1.165) is 27.5 Å². The van der Waals surface area contributed by atoms with E-state index in [1.54, 1.807) is 12.1 Å². The molecule has 3 aromatic carbocycles. The Bertz CT molecular complexity index is 1370. The van der Waals surface area contributed by atoms with Crippen LogP contribution in [-0.2, 0) is 0 Å². The van der Waals surface area contributed by atoms with Crippen molar-refractivity contribution < 1.29 is 29.3 Å². The first-order valence-corrected chi connectivity index (χ1v) is 10.8. The molecule has 6 heteroatoms. The number of hydrogen-bond donors (Lipinski definition) is 3. The number of Topliss-reactive ketones (excluding diaryl/α,β-unsaturated/α-hetero) is 1. The summed E-state index contributed by atoms with van der Waals surface area (Å²) < 4.78 is 11.7. The average Bonchev–Trinajstić information content (AvgIpc) is 3.18. The molecule has 0 saturated carbocycles. The Hall–Kier alpha value is -3.45. The van der Waals surface area contributed by atoms with E-state index in [1.807, 2.05) is 56.3 Å². The van der Waals surface area contributed by atoms with Gasteiger partial charge in [0.1, 0.15) is 36.1 Å². The van der Waals surface area contributed by atoms with E-state index >= 15 is 0 Å². The van der Waals surface area contributed by atoms with Crippen LogP contribution in [0.5, 0.6) is 5.75 Å². The number of ether oxygens (including phenoxy) is 1. The zero-order chi connectivity index (χ0) is 23.3. The predicted molar refractivity (Wildman–Crippen MR) is 124 cm³/mol. The molecule has 0 bridgehead atoms. The van der Waals surface area contributed by atoms with Crippen molar-refractivity contribution in [1.29, 1.82) is 0 Å². The Morgan fingerprint density at radius 3 is 2.48 bits per heavy atom. The van der Waals surface area contributed by atoms with Crippen LogP contribution in [0.15, 0.2) is 59.0 Å². The molecule has 168 valence electrons. The number of carbonyl (C=O) groups excluding carboxylic acids is 1. The molecule has 6 nitrogen and oxygen atoms in total. The molecular formula is C27H24O6. The van der Waals surface area contributed by atoms with Gasteiger partial charge in [0.15, 0.2) is 5.78 Å². The van der Waals surface area contributed by atoms with Crippen molar-refractivity contribution in [2.24, 2.45) is 0 Å². The maximum absolute atomic E-state index is 13.2. The number of hydrogen-bond acceptors (Lipinski definition) is 6. The minimum Gasteiger partial charge on any atom is -0.491 e. The van der Waals surface area contributed by atoms with Crippen molar-refractivity contribution in [3.8, 4) is 28.4 Å². The summed E-state index contributed by atoms with van der Waals surface area (Å²) in [6.45, 7) is 3.44. The highest BCUT2D eigenvalue weighted by atomic mass is 16.5. The number of fused-ring (bicyclic) bond motifs is 5. The van der Waals surface area contributed by atoms with Gasteiger partial charge in [-0.05, 0) is 54.4 Å². The zero-order valence-electron chi connectivity index (χ0n) is 18.3. The second-order valence-corrected chi connectivity index (χ2v) is 8.40. The highest BCUT2D eigenvalue weighted by molar-refractivity contribution is 6.13. The normalized spacial score (nSPS) is 15.9. The van der Waals surface area contributed by atoms with Crippen molar-refractivity contribution in [2.45, 2.75) is 26.1 Å². The fraction of sp³-hybridized carbons (Fsp3) is 0.222. The highest BCUT2D eigenvalue weighted by Crippen LogP contribution is 2.47. The van der Waals surface area contributed by atoms with Gasteiger partial charge in [0.25, 0.3) is 0 Å². The lowest BCUT2D eigenvalue weighted by molar-refractivity contribution is 0.0536. The van der Waals surface area contributed by atoms with E-state index in [9.17, 15) is 15.0 Å². The molecule has 1 aliphatic carbocycles. The lowest BCUT2D eigenvalue weighted by Gasteiger charge is -2.22. The molecule has 1 aliphatic rings. The molecule has 1 heterocycles. The number of furan rings is 1. The summed E-state index contributed by atoms with van der Waals surface area (Å²) in [6, 6.07) is 16.9. The summed E-state index contributed by atoms with van der Waals surface area (Å²) in [7, 11) is 0. The SMILES string of the molecule is Cc1c(-c2ccc(OCC(O)CO)cc2)oc2c1C(=O)C(O)c1c-2ccc2c(C)cccc12. The molecule has 0 fully saturated rings. The summed E-state index contributed by atoms with van der Waals surface area (Å²) in [5, 5.41) is 31.2. The number of aliphatic hydroxyl groups is 3. The van der Waals surface area contributed by atoms with Gasteiger partial charge < -0.3 is 24.5 Å². The number of benzene rings is 3. The van der Waals surface area contributed by atoms with Gasteiger partial charge in [-0.3, -0.25) is 4.79 Å². The first-order valence-electron chi connectivity index (χ1n) is 10.8. The Kier molecular flexibility index (Phi) is 5.29. The highest BCUT2D eigenvalue weighted by Gasteiger charge is 2.37. The quantitative estimate of drug-likeness (QED) is 0.423. The lowest BCUT2D eigenvalue weighted by atomic mass is 9.82. The molecule has 1 aromatic heterocycles. The van der Waals surface area contributed by atoms with Gasteiger partial charge in [-0.15, -0.1) is 0 Å². The summed E-state index contributed by atoms with van der Waals surface area (Å²) in [5.74, 6) is 1.21. The summed E-state index contributed by atoms with van der Waals surface area (Å²) in [6.07, 6.45) is -2.20. The van der Waals surface area contributed by atoms with Crippen molar-refractivity contribution in [3.05, 3.63) is 76.9 Å². The molecule has 5 rings (SSSR count). The van der Waals surface area contributed by atoms with Gasteiger partial charge in [0.05, 0.1) is 12.2 Å². The number of aliphatic hydroxyl groups excluding tert-OH is 3. The predicted octanol–water partition coefficient (Wildman–Crippen LogP) is 4.35. The number of aryl methyl sites for hydroxylation is 1. The van der Waals surface area contributed by atoms with Crippen LogP contribution < -0.4 is 4.74 Å². The van der Waals surface area contributed by atoms with E-state index in [2.05, 4.69) is 0 Å². The summed E-state index contributed by atoms with van der Waals surface area (Å²) >= 11 is 0. The molecular weight excluding hydrogens is 420 g/mol. The van der Waals surface area contributed by atoms with Crippen LogP contribution >= 0.6 is 0 Å². The van der Waals surface area contributed by atoms with Gasteiger partial charge >= 0.3 is 0 Å². The van der Waals surface area contributed by atoms with Gasteiger partial charge in [-0.2, -0.15) is 0 Å². The third-order valence-corrected chi connectivity index (χ3v) is 6.25. The van der Waals surface area contributed by atoms with Crippen LogP contribution in [-0.4, -0.2) is 40.4 Å². The lowest BCUT2D eigenvalue weighted by Crippen LogP contribution is -2.21. The van der Waals surface area contributed by atoms with Crippen LogP contribution in [0.2, 0.25) is 0 Å². The third kappa shape index (κ3) is 3.43. The standard InChI is InChI=1S/C27H24O6/c1-14-4-3-5-20-19(14)10-11-21-23(20)25(31)24(30)22-15(2)26(33-27(21)22)16-6-8-18(9-7-16)32-13-17(29)12-28/h3-11,17,25,28-29,31H,12-13H2,1-2H3. The largest absolute Gasteiger partial charge is 0.491 e. The average molecular weight is 444 g/mol. The monoisotopic (exact) mass is 444 g/mol. The Morgan fingerprint density at radius 1 is 1.00 bits per heavy atom. The van der Waals surface area contributed by atoms with Crippen molar-refractivity contribution >= 4 is 16.6 Å². The minimum atomic E-state index is -1.25. The van der Waals surface area contributed by atoms with E-state index in [-0.39, 0.29) is 19.0 Å². The van der Waals surface area contributed by atoms with Gasteiger partial charge in [0, 0.05) is 22.3 Å². The fourth-order valence-electron chi connectivity index (χ4n) is 4.52. The van der Waals surface area contributed by atoms with Crippen molar-refractivity contribution in [2.75, 3.05) is 13.2 Å². The van der Waals surface area contributed by atoms with Gasteiger partial charge in [0.2, 0.25) is 0 Å². The molecule has 0 radical (unpaired) electrons. The summed E-state index contributed by atoms with van der Waals surface area (Å²) in [4.78, 5) is 13.2. The van der Waals surface area contributed by atoms with E-state index < -0.39 is 12.2 Å². The van der Waals surface area contributed by atoms with Gasteiger partial charge in [-0.25, -0.2) is 0 Å². The smallest absolute Gasteiger partial charge is 0.200 e. The van der Waals surface area contributed by atoms with Crippen LogP contribution in [0.1, 0.15) is 33.2 Å². The number of carbonyl (C=O) groups is 1. The number of rotatable bonds is 5. The van der Waals surface area contributed by atoms with Crippen LogP contribution in [0.25, 0.3) is 33.4 Å². The van der Waals surface area contributed by atoms with Crippen molar-refractivity contribution in [3.63, 3.8) is 0 Å². The first kappa shape index (κ1) is 21.4. The second-order valence-electron chi connectivity index (χ2n) is 8.40. The summed E-state index contributed by atoms with van der Waals surface area (Å²) in [5.41, 5.74) is 4.22. The molecule has 2 unspecified atom stereocenters. The van der Waals surface area contributed by atoms with E-state index in [1.165, 1.54) is 0 Å². The van der Waals surface area contributed by atoms with Gasteiger partial charge in [-0.1, -0.05) is 30.3 Å². The third-order valence-electron chi connectivity index (χ3n) is 6.25. The molecule has 0 aliphatic heterocycles. The molecule has 0 spiro atoms. The zero-order valence-corrected chi connectivity index (χ0v) is 18.3. The Balaban J connectivity index is 1.59. The molecule has 2 atom stereocenters. The van der Waals surface area contributed by atoms with Crippen molar-refractivity contribution in [1.82, 2.24) is 0 Å². The Labute approximate surface area is 190 Å². The first-order chi connectivity index (χ1) is 15.9. The molecule has 0 amide bonds. The number of ketones is 1. The molecule has 0 saturated heterocycles. The molecule has 33 heavy (non-hydrogen) atoms. The molecule has 4 aromatic rings. The Morgan fingerprint density at radius 2 is 1.76 bits per heavy atom. The van der Waals surface area contributed by atoms with Crippen LogP contribution in [0, 0.1) is 13.8 Å². The van der Waals surface area contributed by atoms with E-state index in [0.29, 0.717) is 34.0 Å². The van der Waals surface area contributed by atoms with Crippen LogP contribution in [0.4, 0.5) is 0 Å². The maximum atomic E-state index is 13.2.